The van der Waals surface area contributed by atoms with E-state index >= 15 is 0 Å². The van der Waals surface area contributed by atoms with Gasteiger partial charge < -0.3 is 5.11 Å². The lowest BCUT2D eigenvalue weighted by Crippen LogP contribution is -2.07. The Morgan fingerprint density at radius 2 is 1.59 bits per heavy atom. The van der Waals surface area contributed by atoms with Gasteiger partial charge in [-0.3, -0.25) is 0 Å². The second-order valence-electron chi connectivity index (χ2n) is 4.88. The Hall–Kier alpha value is -0.850. The molecule has 0 fully saturated rings. The minimum Gasteiger partial charge on any atom is -0.388 e. The molecule has 118 valence electrons. The fourth-order valence-electron chi connectivity index (χ4n) is 2.14. The molecule has 0 aliphatic heterocycles. The monoisotopic (exact) mass is 436 g/mol. The van der Waals surface area contributed by atoms with Gasteiger partial charge in [0.1, 0.15) is 0 Å². The summed E-state index contributed by atoms with van der Waals surface area (Å²) in [5.41, 5.74) is 0.512. The summed E-state index contributed by atoms with van der Waals surface area (Å²) in [6.45, 7) is 0. The first-order chi connectivity index (χ1) is 10.3. The van der Waals surface area contributed by atoms with E-state index in [1.807, 2.05) is 18.2 Å². The molecule has 0 bridgehead atoms. The van der Waals surface area contributed by atoms with Crippen molar-refractivity contribution in [3.05, 3.63) is 68.1 Å². The first-order valence-electron chi connectivity index (χ1n) is 6.57. The highest BCUT2D eigenvalue weighted by atomic mass is 79.9. The molecule has 0 saturated carbocycles. The zero-order valence-corrected chi connectivity index (χ0v) is 14.5. The Morgan fingerprint density at radius 3 is 2.18 bits per heavy atom. The van der Waals surface area contributed by atoms with E-state index in [0.29, 0.717) is 12.8 Å². The van der Waals surface area contributed by atoms with Crippen molar-refractivity contribution in [2.45, 2.75) is 25.1 Å². The maximum absolute atomic E-state index is 12.7. The number of aliphatic hydroxyl groups excluding tert-OH is 1. The molecular formula is C16H13Br2F3O. The number of hydrogen-bond donors (Lipinski definition) is 1. The fourth-order valence-corrected chi connectivity index (χ4v) is 3.54. The summed E-state index contributed by atoms with van der Waals surface area (Å²) in [6, 6.07) is 10.5. The van der Waals surface area contributed by atoms with E-state index in [1.54, 1.807) is 0 Å². The van der Waals surface area contributed by atoms with E-state index in [2.05, 4.69) is 31.9 Å². The molecule has 2 aromatic carbocycles. The van der Waals surface area contributed by atoms with Crippen molar-refractivity contribution in [1.82, 2.24) is 0 Å². The maximum atomic E-state index is 12.7. The number of benzene rings is 2. The number of rotatable bonds is 4. The van der Waals surface area contributed by atoms with Gasteiger partial charge in [0, 0.05) is 8.95 Å². The molecule has 1 unspecified atom stereocenters. The molecule has 0 amide bonds. The van der Waals surface area contributed by atoms with Gasteiger partial charge in [-0.2, -0.15) is 13.2 Å². The highest BCUT2D eigenvalue weighted by Gasteiger charge is 2.30. The van der Waals surface area contributed by atoms with Crippen molar-refractivity contribution in [3.63, 3.8) is 0 Å². The molecule has 22 heavy (non-hydrogen) atoms. The average molecular weight is 438 g/mol. The lowest BCUT2D eigenvalue weighted by Gasteiger charge is -2.15. The van der Waals surface area contributed by atoms with Crippen molar-refractivity contribution >= 4 is 31.9 Å². The minimum atomic E-state index is -4.40. The predicted molar refractivity (Wildman–Crippen MR) is 86.6 cm³/mol. The quantitative estimate of drug-likeness (QED) is 0.631. The van der Waals surface area contributed by atoms with E-state index in [1.165, 1.54) is 12.1 Å². The summed E-state index contributed by atoms with van der Waals surface area (Å²) in [6.07, 6.45) is -4.47. The van der Waals surface area contributed by atoms with Crippen LogP contribution in [-0.2, 0) is 12.6 Å². The average Bonchev–Trinajstić information content (AvgIpc) is 2.46. The second kappa shape index (κ2) is 7.15. The standard InChI is InChI=1S/C16H13Br2F3O/c17-13-5-2-6-14(18)12(13)7-8-15(22)10-3-1-4-11(9-10)16(19,20)21/h1-6,9,15,22H,7-8H2. The van der Waals surface area contributed by atoms with Crippen LogP contribution in [0.2, 0.25) is 0 Å². The van der Waals surface area contributed by atoms with Gasteiger partial charge in [-0.1, -0.05) is 50.1 Å². The molecular weight excluding hydrogens is 425 g/mol. The van der Waals surface area contributed by atoms with E-state index in [4.69, 9.17) is 0 Å². The normalized spacial score (nSPS) is 13.2. The third-order valence-corrected chi connectivity index (χ3v) is 4.81. The molecule has 6 heteroatoms. The van der Waals surface area contributed by atoms with Gasteiger partial charge >= 0.3 is 6.18 Å². The number of halogens is 5. The van der Waals surface area contributed by atoms with Crippen molar-refractivity contribution in [3.8, 4) is 0 Å². The van der Waals surface area contributed by atoms with Crippen LogP contribution in [0.1, 0.15) is 29.2 Å². The Morgan fingerprint density at radius 1 is 1.00 bits per heavy atom. The maximum Gasteiger partial charge on any atom is 0.416 e. The van der Waals surface area contributed by atoms with Crippen LogP contribution in [0.3, 0.4) is 0 Å². The zero-order valence-electron chi connectivity index (χ0n) is 11.4. The van der Waals surface area contributed by atoms with E-state index in [0.717, 1.165) is 26.6 Å². The fraction of sp³-hybridized carbons (Fsp3) is 0.250. The summed E-state index contributed by atoms with van der Waals surface area (Å²) < 4.78 is 39.9. The van der Waals surface area contributed by atoms with Crippen molar-refractivity contribution < 1.29 is 18.3 Å². The lowest BCUT2D eigenvalue weighted by atomic mass is 9.99. The molecule has 0 aliphatic rings. The molecule has 1 nitrogen and oxygen atoms in total. The van der Waals surface area contributed by atoms with E-state index < -0.39 is 17.8 Å². The summed E-state index contributed by atoms with van der Waals surface area (Å²) >= 11 is 6.86. The molecule has 0 spiro atoms. The van der Waals surface area contributed by atoms with Gasteiger partial charge in [0.15, 0.2) is 0 Å². The van der Waals surface area contributed by atoms with Gasteiger partial charge in [0.25, 0.3) is 0 Å². The molecule has 1 atom stereocenters. The van der Waals surface area contributed by atoms with Crippen LogP contribution < -0.4 is 0 Å². The minimum absolute atomic E-state index is 0.276. The summed E-state index contributed by atoms with van der Waals surface area (Å²) in [5, 5.41) is 10.2. The van der Waals surface area contributed by atoms with Crippen molar-refractivity contribution in [2.75, 3.05) is 0 Å². The number of hydrogen-bond acceptors (Lipinski definition) is 1. The molecule has 0 saturated heterocycles. The molecule has 1 N–H and O–H groups in total. The molecule has 0 aromatic heterocycles. The summed E-state index contributed by atoms with van der Waals surface area (Å²) in [4.78, 5) is 0. The Bertz CT molecular complexity index is 636. The highest BCUT2D eigenvalue weighted by molar-refractivity contribution is 9.11. The summed E-state index contributed by atoms with van der Waals surface area (Å²) in [7, 11) is 0. The van der Waals surface area contributed by atoms with Crippen molar-refractivity contribution in [2.24, 2.45) is 0 Å². The van der Waals surface area contributed by atoms with Gasteiger partial charge in [-0.25, -0.2) is 0 Å². The molecule has 0 aliphatic carbocycles. The Balaban J connectivity index is 2.11. The molecule has 2 aromatic rings. The largest absolute Gasteiger partial charge is 0.416 e. The molecule has 0 radical (unpaired) electrons. The first kappa shape index (κ1) is 17.5. The Kier molecular flexibility index (Phi) is 5.69. The third-order valence-electron chi connectivity index (χ3n) is 3.33. The topological polar surface area (TPSA) is 20.2 Å². The lowest BCUT2D eigenvalue weighted by molar-refractivity contribution is -0.137. The summed E-state index contributed by atoms with van der Waals surface area (Å²) in [5.74, 6) is 0. The van der Waals surface area contributed by atoms with Crippen LogP contribution in [0, 0.1) is 0 Å². The van der Waals surface area contributed by atoms with Crippen LogP contribution >= 0.6 is 31.9 Å². The van der Waals surface area contributed by atoms with Crippen LogP contribution in [0.4, 0.5) is 13.2 Å². The van der Waals surface area contributed by atoms with Crippen molar-refractivity contribution in [1.29, 1.82) is 0 Å². The number of alkyl halides is 3. The van der Waals surface area contributed by atoms with E-state index in [-0.39, 0.29) is 5.56 Å². The highest BCUT2D eigenvalue weighted by Crippen LogP contribution is 2.32. The molecule has 0 heterocycles. The molecule has 2 rings (SSSR count). The van der Waals surface area contributed by atoms with E-state index in [9.17, 15) is 18.3 Å². The van der Waals surface area contributed by atoms with Crippen LogP contribution in [0.25, 0.3) is 0 Å². The Labute approximate surface area is 143 Å². The third kappa shape index (κ3) is 4.33. The predicted octanol–water partition coefficient (Wildman–Crippen LogP) is 5.90. The number of aliphatic hydroxyl groups is 1. The van der Waals surface area contributed by atoms with Gasteiger partial charge in [-0.05, 0) is 48.2 Å². The second-order valence-corrected chi connectivity index (χ2v) is 6.59. The smallest absolute Gasteiger partial charge is 0.388 e. The van der Waals surface area contributed by atoms with Crippen LogP contribution in [0.5, 0.6) is 0 Å². The van der Waals surface area contributed by atoms with Crippen LogP contribution in [0.15, 0.2) is 51.4 Å². The zero-order chi connectivity index (χ0) is 16.3. The van der Waals surface area contributed by atoms with Gasteiger partial charge in [-0.15, -0.1) is 0 Å². The van der Waals surface area contributed by atoms with Crippen LogP contribution in [-0.4, -0.2) is 5.11 Å². The SMILES string of the molecule is OC(CCc1c(Br)cccc1Br)c1cccc(C(F)(F)F)c1. The van der Waals surface area contributed by atoms with Gasteiger partial charge in [0.05, 0.1) is 11.7 Å². The first-order valence-corrected chi connectivity index (χ1v) is 8.15. The van der Waals surface area contributed by atoms with Gasteiger partial charge in [0.2, 0.25) is 0 Å².